The van der Waals surface area contributed by atoms with Gasteiger partial charge >= 0.3 is 0 Å². The summed E-state index contributed by atoms with van der Waals surface area (Å²) >= 11 is 0. The van der Waals surface area contributed by atoms with E-state index in [0.29, 0.717) is 11.3 Å². The molecule has 6 heteroatoms. The molecule has 2 N–H and O–H groups in total. The van der Waals surface area contributed by atoms with E-state index in [1.54, 1.807) is 30.6 Å². The molecule has 5 nitrogen and oxygen atoms in total. The Kier molecular flexibility index (Phi) is 6.47. The highest BCUT2D eigenvalue weighted by molar-refractivity contribution is 6.04. The number of anilines is 1. The van der Waals surface area contributed by atoms with Crippen LogP contribution in [0.4, 0.5) is 10.1 Å². The fourth-order valence-electron chi connectivity index (χ4n) is 2.65. The Morgan fingerprint density at radius 1 is 0.966 bits per heavy atom. The van der Waals surface area contributed by atoms with Crippen LogP contribution in [0.15, 0.2) is 79.1 Å². The summed E-state index contributed by atoms with van der Waals surface area (Å²) in [6.07, 6.45) is 6.52. The summed E-state index contributed by atoms with van der Waals surface area (Å²) in [6.45, 7) is 1.88. The molecule has 2 amide bonds. The number of hydrogen-bond donors (Lipinski definition) is 2. The minimum atomic E-state index is -0.391. The van der Waals surface area contributed by atoms with Gasteiger partial charge in [0.05, 0.1) is 6.04 Å². The number of carbonyl (C=O) groups excluding carboxylic acids is 2. The lowest BCUT2D eigenvalue weighted by molar-refractivity contribution is -0.117. The van der Waals surface area contributed by atoms with Crippen LogP contribution in [0.5, 0.6) is 0 Å². The Morgan fingerprint density at radius 2 is 1.62 bits per heavy atom. The van der Waals surface area contributed by atoms with E-state index in [1.807, 2.05) is 31.2 Å². The number of benzene rings is 2. The molecule has 1 unspecified atom stereocenters. The first-order valence-corrected chi connectivity index (χ1v) is 9.07. The van der Waals surface area contributed by atoms with Crippen molar-refractivity contribution >= 4 is 23.6 Å². The first kappa shape index (κ1) is 19.9. The molecule has 0 fully saturated rings. The van der Waals surface area contributed by atoms with Gasteiger partial charge in [-0.1, -0.05) is 12.1 Å². The van der Waals surface area contributed by atoms with Gasteiger partial charge in [0.25, 0.3) is 5.91 Å². The maximum Gasteiger partial charge on any atom is 0.255 e. The summed E-state index contributed by atoms with van der Waals surface area (Å²) in [6, 6.07) is 15.9. The van der Waals surface area contributed by atoms with Gasteiger partial charge in [0.2, 0.25) is 5.91 Å². The maximum atomic E-state index is 13.0. The average molecular weight is 389 g/mol. The molecule has 0 saturated heterocycles. The van der Waals surface area contributed by atoms with Gasteiger partial charge in [-0.3, -0.25) is 14.6 Å². The fraction of sp³-hybridized carbons (Fsp3) is 0.0870. The molecule has 1 aromatic heterocycles. The standard InChI is InChI=1S/C23H20FN3O2/c1-16(26-22(28)11-2-17-12-14-25-15-13-17)18-5-9-21(10-6-18)27-23(29)19-3-7-20(24)8-4-19/h2-16H,1H3,(H,26,28)(H,27,29)/b11-2+. The molecule has 29 heavy (non-hydrogen) atoms. The summed E-state index contributed by atoms with van der Waals surface area (Å²) in [5, 5.41) is 5.65. The molecule has 146 valence electrons. The lowest BCUT2D eigenvalue weighted by Gasteiger charge is -2.14. The van der Waals surface area contributed by atoms with Gasteiger partial charge in [-0.15, -0.1) is 0 Å². The second-order valence-electron chi connectivity index (χ2n) is 6.43. The second kappa shape index (κ2) is 9.41. The van der Waals surface area contributed by atoms with Crippen molar-refractivity contribution in [2.75, 3.05) is 5.32 Å². The fourth-order valence-corrected chi connectivity index (χ4v) is 2.65. The predicted molar refractivity (Wildman–Crippen MR) is 111 cm³/mol. The van der Waals surface area contributed by atoms with E-state index in [-0.39, 0.29) is 17.9 Å². The lowest BCUT2D eigenvalue weighted by atomic mass is 10.1. The van der Waals surface area contributed by atoms with Crippen LogP contribution in [0.2, 0.25) is 0 Å². The molecular weight excluding hydrogens is 369 g/mol. The summed E-state index contributed by atoms with van der Waals surface area (Å²) in [7, 11) is 0. The first-order valence-electron chi connectivity index (χ1n) is 9.07. The number of carbonyl (C=O) groups is 2. The third kappa shape index (κ3) is 5.84. The van der Waals surface area contributed by atoms with E-state index in [4.69, 9.17) is 0 Å². The third-order valence-corrected chi connectivity index (χ3v) is 4.27. The van der Waals surface area contributed by atoms with E-state index in [0.717, 1.165) is 11.1 Å². The summed E-state index contributed by atoms with van der Waals surface area (Å²) in [5.74, 6) is -0.916. The number of pyridine rings is 1. The smallest absolute Gasteiger partial charge is 0.255 e. The van der Waals surface area contributed by atoms with Crippen LogP contribution < -0.4 is 10.6 Å². The van der Waals surface area contributed by atoms with Gasteiger partial charge in [0.1, 0.15) is 5.82 Å². The van der Waals surface area contributed by atoms with Gasteiger partial charge in [-0.25, -0.2) is 4.39 Å². The number of hydrogen-bond acceptors (Lipinski definition) is 3. The van der Waals surface area contributed by atoms with E-state index in [2.05, 4.69) is 15.6 Å². The highest BCUT2D eigenvalue weighted by Crippen LogP contribution is 2.17. The number of nitrogens with one attached hydrogen (secondary N) is 2. The minimum absolute atomic E-state index is 0.202. The quantitative estimate of drug-likeness (QED) is 0.615. The monoisotopic (exact) mass is 389 g/mol. The zero-order valence-electron chi connectivity index (χ0n) is 15.8. The van der Waals surface area contributed by atoms with Crippen molar-refractivity contribution < 1.29 is 14.0 Å². The Bertz CT molecular complexity index is 1000. The van der Waals surface area contributed by atoms with Gasteiger partial charge < -0.3 is 10.6 Å². The van der Waals surface area contributed by atoms with Crippen molar-refractivity contribution in [1.29, 1.82) is 0 Å². The van der Waals surface area contributed by atoms with Crippen LogP contribution in [-0.4, -0.2) is 16.8 Å². The summed E-state index contributed by atoms with van der Waals surface area (Å²) in [4.78, 5) is 28.2. The average Bonchev–Trinajstić information content (AvgIpc) is 2.74. The summed E-state index contributed by atoms with van der Waals surface area (Å²) in [5.41, 5.74) is 2.77. The van der Waals surface area contributed by atoms with Crippen LogP contribution >= 0.6 is 0 Å². The van der Waals surface area contributed by atoms with Gasteiger partial charge in [0.15, 0.2) is 0 Å². The number of aromatic nitrogens is 1. The van der Waals surface area contributed by atoms with Crippen molar-refractivity contribution in [2.24, 2.45) is 0 Å². The first-order chi connectivity index (χ1) is 14.0. The lowest BCUT2D eigenvalue weighted by Crippen LogP contribution is -2.24. The predicted octanol–water partition coefficient (Wildman–Crippen LogP) is 4.36. The SMILES string of the molecule is CC(NC(=O)/C=C/c1ccncc1)c1ccc(NC(=O)c2ccc(F)cc2)cc1. The molecule has 0 bridgehead atoms. The zero-order chi connectivity index (χ0) is 20.6. The van der Waals surface area contributed by atoms with Crippen molar-refractivity contribution in [3.63, 3.8) is 0 Å². The van der Waals surface area contributed by atoms with E-state index < -0.39 is 5.82 Å². The number of amides is 2. The molecule has 3 aromatic rings. The summed E-state index contributed by atoms with van der Waals surface area (Å²) < 4.78 is 13.0. The number of rotatable bonds is 6. The number of nitrogens with zero attached hydrogens (tertiary/aromatic N) is 1. The Labute approximate surface area is 168 Å². The van der Waals surface area contributed by atoms with Crippen LogP contribution in [0.3, 0.4) is 0 Å². The van der Waals surface area contributed by atoms with Gasteiger partial charge in [-0.2, -0.15) is 0 Å². The molecule has 3 rings (SSSR count). The highest BCUT2D eigenvalue weighted by Gasteiger charge is 2.09. The molecule has 0 saturated carbocycles. The largest absolute Gasteiger partial charge is 0.346 e. The minimum Gasteiger partial charge on any atom is -0.346 e. The molecule has 0 aliphatic carbocycles. The van der Waals surface area contributed by atoms with Gasteiger partial charge in [-0.05, 0) is 72.7 Å². The molecule has 0 aliphatic rings. The molecule has 1 atom stereocenters. The van der Waals surface area contributed by atoms with Crippen molar-refractivity contribution in [3.05, 3.63) is 102 Å². The van der Waals surface area contributed by atoms with Crippen LogP contribution in [0.1, 0.15) is 34.5 Å². The van der Waals surface area contributed by atoms with Crippen LogP contribution in [-0.2, 0) is 4.79 Å². The Hall–Kier alpha value is -3.80. The normalized spacial score (nSPS) is 11.8. The van der Waals surface area contributed by atoms with Gasteiger partial charge in [0, 0.05) is 29.7 Å². The van der Waals surface area contributed by atoms with E-state index in [9.17, 15) is 14.0 Å². The maximum absolute atomic E-state index is 13.0. The molecule has 0 aliphatic heterocycles. The van der Waals surface area contributed by atoms with E-state index >= 15 is 0 Å². The number of halogens is 1. The van der Waals surface area contributed by atoms with Crippen molar-refractivity contribution in [3.8, 4) is 0 Å². The van der Waals surface area contributed by atoms with E-state index in [1.165, 1.54) is 30.3 Å². The molecular formula is C23H20FN3O2. The van der Waals surface area contributed by atoms with Crippen molar-refractivity contribution in [1.82, 2.24) is 10.3 Å². The second-order valence-corrected chi connectivity index (χ2v) is 6.43. The highest BCUT2D eigenvalue weighted by atomic mass is 19.1. The zero-order valence-corrected chi connectivity index (χ0v) is 15.8. The molecule has 0 radical (unpaired) electrons. The van der Waals surface area contributed by atoms with Crippen molar-refractivity contribution in [2.45, 2.75) is 13.0 Å². The van der Waals surface area contributed by atoms with Crippen LogP contribution in [0.25, 0.3) is 6.08 Å². The Morgan fingerprint density at radius 3 is 2.28 bits per heavy atom. The third-order valence-electron chi connectivity index (χ3n) is 4.27. The Balaban J connectivity index is 1.56. The molecule has 0 spiro atoms. The molecule has 1 heterocycles. The topological polar surface area (TPSA) is 71.1 Å². The van der Waals surface area contributed by atoms with Crippen LogP contribution in [0, 0.1) is 5.82 Å². The molecule has 2 aromatic carbocycles.